The smallest absolute Gasteiger partial charge is 0.316 e. The molecule has 0 saturated carbocycles. The van der Waals surface area contributed by atoms with Gasteiger partial charge >= 0.3 is 6.18 Å². The largest absolute Gasteiger partial charge is 0.404 e. The van der Waals surface area contributed by atoms with Crippen LogP contribution in [-0.2, 0) is 4.79 Å². The highest BCUT2D eigenvalue weighted by Crippen LogP contribution is 2.30. The molecule has 1 atom stereocenters. The number of nitrogens with zero attached hydrogens (tertiary/aromatic N) is 1. The van der Waals surface area contributed by atoms with Gasteiger partial charge in [0.15, 0.2) is 0 Å². The number of likely N-dealkylation sites (N-methyl/N-ethyl adjacent to an activating group) is 1. The van der Waals surface area contributed by atoms with Gasteiger partial charge in [-0.05, 0) is 38.2 Å². The van der Waals surface area contributed by atoms with Gasteiger partial charge in [-0.1, -0.05) is 0 Å². The summed E-state index contributed by atoms with van der Waals surface area (Å²) in [5.74, 6) is 0. The summed E-state index contributed by atoms with van der Waals surface area (Å²) in [5.41, 5.74) is -0.155. The van der Waals surface area contributed by atoms with Gasteiger partial charge in [0, 0.05) is 23.9 Å². The molecule has 1 heterocycles. The molecule has 9 heteroatoms. The van der Waals surface area contributed by atoms with Crippen LogP contribution in [0, 0.1) is 0 Å². The van der Waals surface area contributed by atoms with E-state index in [2.05, 4.69) is 15.6 Å². The van der Waals surface area contributed by atoms with Gasteiger partial charge in [0.2, 0.25) is 0 Å². The molecule has 0 fully saturated rings. The number of carbonyl (C=O) groups excluding carboxylic acids is 1. The van der Waals surface area contributed by atoms with Crippen LogP contribution < -0.4 is 10.6 Å². The number of hydrogen-bond donors (Lipinski definition) is 2. The van der Waals surface area contributed by atoms with Gasteiger partial charge in [-0.25, -0.2) is 8.78 Å². The Balaban J connectivity index is 3.31. The van der Waals surface area contributed by atoms with E-state index in [9.17, 15) is 26.7 Å². The van der Waals surface area contributed by atoms with Gasteiger partial charge in [-0.15, -0.1) is 0 Å². The Morgan fingerprint density at radius 3 is 2.33 bits per heavy atom. The molecule has 0 saturated heterocycles. The van der Waals surface area contributed by atoms with Crippen molar-refractivity contribution in [3.05, 3.63) is 35.2 Å². The standard InChI is InChI=1S/C15H18F5N3O/c1-21-6-10(8-24)11(5-13(22-2)15(18,19)20)12-4-3-9(7-23-12)14(16)17/h3-4,7-8,13-14,21-22H,5-6H2,1-2H3/b11-10+/t13-/m1/s1. The van der Waals surface area contributed by atoms with E-state index in [1.165, 1.54) is 13.1 Å². The maximum Gasteiger partial charge on any atom is 0.404 e. The normalized spacial score (nSPS) is 14.5. The Morgan fingerprint density at radius 2 is 1.96 bits per heavy atom. The SMILES string of the molecule is CNC/C(C=O)=C(/C[C@@H](NC)C(F)(F)F)c1ccc(C(F)F)cn1. The number of pyridine rings is 1. The van der Waals surface area contributed by atoms with Crippen molar-refractivity contribution in [3.63, 3.8) is 0 Å². The van der Waals surface area contributed by atoms with Crippen LogP contribution in [0.25, 0.3) is 5.57 Å². The van der Waals surface area contributed by atoms with E-state index >= 15 is 0 Å². The summed E-state index contributed by atoms with van der Waals surface area (Å²) in [6, 6.07) is 0.381. The second-order valence-electron chi connectivity index (χ2n) is 5.02. The van der Waals surface area contributed by atoms with E-state index in [0.717, 1.165) is 19.3 Å². The molecule has 0 aliphatic rings. The van der Waals surface area contributed by atoms with Crippen LogP contribution in [0.5, 0.6) is 0 Å². The van der Waals surface area contributed by atoms with Crippen molar-refractivity contribution in [3.8, 4) is 0 Å². The monoisotopic (exact) mass is 351 g/mol. The van der Waals surface area contributed by atoms with Gasteiger partial charge in [-0.3, -0.25) is 9.78 Å². The van der Waals surface area contributed by atoms with Crippen LogP contribution in [0.15, 0.2) is 23.9 Å². The van der Waals surface area contributed by atoms with E-state index in [0.29, 0.717) is 6.29 Å². The first-order chi connectivity index (χ1) is 11.2. The van der Waals surface area contributed by atoms with Crippen molar-refractivity contribution in [1.82, 2.24) is 15.6 Å². The highest BCUT2D eigenvalue weighted by molar-refractivity contribution is 5.88. The number of alkyl halides is 5. The molecule has 1 rings (SSSR count). The minimum Gasteiger partial charge on any atom is -0.316 e. The minimum absolute atomic E-state index is 0.0331. The molecule has 4 nitrogen and oxygen atoms in total. The molecule has 134 valence electrons. The van der Waals surface area contributed by atoms with E-state index < -0.39 is 25.1 Å². The Hall–Kier alpha value is -1.87. The number of carbonyl (C=O) groups is 1. The summed E-state index contributed by atoms with van der Waals surface area (Å²) in [7, 11) is 2.69. The first-order valence-corrected chi connectivity index (χ1v) is 7.04. The quantitative estimate of drug-likeness (QED) is 0.430. The lowest BCUT2D eigenvalue weighted by Gasteiger charge is -2.22. The summed E-state index contributed by atoms with van der Waals surface area (Å²) in [4.78, 5) is 15.1. The third-order valence-corrected chi connectivity index (χ3v) is 3.40. The molecule has 0 spiro atoms. The molecule has 0 aromatic carbocycles. The van der Waals surface area contributed by atoms with Crippen molar-refractivity contribution < 1.29 is 26.7 Å². The molecular weight excluding hydrogens is 333 g/mol. The number of aldehydes is 1. The summed E-state index contributed by atoms with van der Waals surface area (Å²) in [6.07, 6.45) is -6.48. The fraction of sp³-hybridized carbons (Fsp3) is 0.467. The first-order valence-electron chi connectivity index (χ1n) is 7.04. The van der Waals surface area contributed by atoms with Gasteiger partial charge < -0.3 is 10.6 Å². The van der Waals surface area contributed by atoms with Crippen LogP contribution in [-0.4, -0.2) is 44.1 Å². The minimum atomic E-state index is -4.53. The lowest BCUT2D eigenvalue weighted by molar-refractivity contribution is -0.153. The van der Waals surface area contributed by atoms with Gasteiger partial charge in [-0.2, -0.15) is 13.2 Å². The number of aromatic nitrogens is 1. The third kappa shape index (κ3) is 5.34. The third-order valence-electron chi connectivity index (χ3n) is 3.40. The van der Waals surface area contributed by atoms with E-state index in [1.54, 1.807) is 0 Å². The molecule has 0 unspecified atom stereocenters. The van der Waals surface area contributed by atoms with Crippen LogP contribution in [0.2, 0.25) is 0 Å². The second kappa shape index (κ2) is 8.84. The maximum atomic E-state index is 13.0. The highest BCUT2D eigenvalue weighted by atomic mass is 19.4. The molecule has 0 bridgehead atoms. The Labute approximate surface area is 136 Å². The zero-order valence-electron chi connectivity index (χ0n) is 13.1. The molecule has 0 aliphatic heterocycles. The second-order valence-corrected chi connectivity index (χ2v) is 5.02. The average molecular weight is 351 g/mol. The predicted octanol–water partition coefficient (Wildman–Crippen LogP) is 2.73. The lowest BCUT2D eigenvalue weighted by atomic mass is 9.96. The zero-order chi connectivity index (χ0) is 18.3. The van der Waals surface area contributed by atoms with Gasteiger partial charge in [0.1, 0.15) is 12.3 Å². The number of nitrogens with one attached hydrogen (secondary N) is 2. The highest BCUT2D eigenvalue weighted by Gasteiger charge is 2.39. The molecule has 24 heavy (non-hydrogen) atoms. The Kier molecular flexibility index (Phi) is 7.43. The molecule has 1 aromatic rings. The van der Waals surface area contributed by atoms with Crippen molar-refractivity contribution >= 4 is 11.9 Å². The molecule has 0 amide bonds. The molecule has 0 radical (unpaired) electrons. The van der Waals surface area contributed by atoms with Crippen LogP contribution in [0.4, 0.5) is 22.0 Å². The number of hydrogen-bond acceptors (Lipinski definition) is 4. The summed E-state index contributed by atoms with van der Waals surface area (Å²) in [6.45, 7) is 0.0331. The van der Waals surface area contributed by atoms with Crippen molar-refractivity contribution in [2.75, 3.05) is 20.6 Å². The van der Waals surface area contributed by atoms with Crippen molar-refractivity contribution in [2.24, 2.45) is 0 Å². The predicted molar refractivity (Wildman–Crippen MR) is 79.6 cm³/mol. The van der Waals surface area contributed by atoms with Crippen molar-refractivity contribution in [1.29, 1.82) is 0 Å². The first kappa shape index (κ1) is 20.2. The molecule has 2 N–H and O–H groups in total. The maximum absolute atomic E-state index is 13.0. The topological polar surface area (TPSA) is 54.0 Å². The van der Waals surface area contributed by atoms with E-state index in [-0.39, 0.29) is 28.9 Å². The summed E-state index contributed by atoms with van der Waals surface area (Å²) < 4.78 is 64.2. The average Bonchev–Trinajstić information content (AvgIpc) is 2.53. The fourth-order valence-electron chi connectivity index (χ4n) is 2.11. The van der Waals surface area contributed by atoms with Crippen molar-refractivity contribution in [2.45, 2.75) is 25.1 Å². The fourth-order valence-corrected chi connectivity index (χ4v) is 2.11. The van der Waals surface area contributed by atoms with Crippen LogP contribution in [0.1, 0.15) is 24.1 Å². The summed E-state index contributed by atoms with van der Waals surface area (Å²) >= 11 is 0. The molecule has 1 aromatic heterocycles. The molecular formula is C15H18F5N3O. The van der Waals surface area contributed by atoms with E-state index in [4.69, 9.17) is 0 Å². The Bertz CT molecular complexity index is 569. The van der Waals surface area contributed by atoms with Gasteiger partial charge in [0.05, 0.1) is 5.69 Å². The van der Waals surface area contributed by atoms with Gasteiger partial charge in [0.25, 0.3) is 6.43 Å². The lowest BCUT2D eigenvalue weighted by Crippen LogP contribution is -2.40. The number of halogens is 5. The molecule has 0 aliphatic carbocycles. The summed E-state index contributed by atoms with van der Waals surface area (Å²) in [5, 5.41) is 4.84. The van der Waals surface area contributed by atoms with Crippen LogP contribution in [0.3, 0.4) is 0 Å². The number of rotatable bonds is 8. The van der Waals surface area contributed by atoms with E-state index in [1.807, 2.05) is 0 Å². The van der Waals surface area contributed by atoms with Crippen LogP contribution >= 0.6 is 0 Å². The zero-order valence-corrected chi connectivity index (χ0v) is 13.1. The Morgan fingerprint density at radius 1 is 1.29 bits per heavy atom.